The van der Waals surface area contributed by atoms with Gasteiger partial charge in [-0.3, -0.25) is 4.68 Å². The van der Waals surface area contributed by atoms with E-state index in [1.807, 2.05) is 6.92 Å². The van der Waals surface area contributed by atoms with Gasteiger partial charge in [0.2, 0.25) is 0 Å². The fourth-order valence-electron chi connectivity index (χ4n) is 2.26. The van der Waals surface area contributed by atoms with Crippen LogP contribution in [0.2, 0.25) is 0 Å². The second-order valence-corrected chi connectivity index (χ2v) is 5.97. The molecule has 18 heavy (non-hydrogen) atoms. The Kier molecular flexibility index (Phi) is 5.15. The Bertz CT molecular complexity index is 488. The van der Waals surface area contributed by atoms with E-state index in [-0.39, 0.29) is 23.5 Å². The molecule has 8 heteroatoms. The molecule has 0 saturated carbocycles. The average Bonchev–Trinajstić information content (AvgIpc) is 2.97. The largest absolute Gasteiger partial charge is 0.329 e. The first-order chi connectivity index (χ1) is 8.11. The van der Waals surface area contributed by atoms with Gasteiger partial charge in [0, 0.05) is 25.7 Å². The lowest BCUT2D eigenvalue weighted by atomic mass is 10.2. The minimum absolute atomic E-state index is 0. The standard InChI is InChI=1S/C10H18N4O2S.ClH/c1-2-13-10(5-6-12-13)17(15,16)14-7-3-4-9(14)8-11;/h5-6,9H,2-4,7-8,11H2,1H3;1H. The summed E-state index contributed by atoms with van der Waals surface area (Å²) >= 11 is 0. The van der Waals surface area contributed by atoms with Gasteiger partial charge in [-0.1, -0.05) is 0 Å². The van der Waals surface area contributed by atoms with Gasteiger partial charge in [-0.2, -0.15) is 9.40 Å². The van der Waals surface area contributed by atoms with E-state index in [4.69, 9.17) is 5.73 Å². The highest BCUT2D eigenvalue weighted by atomic mass is 35.5. The van der Waals surface area contributed by atoms with Gasteiger partial charge in [0.05, 0.1) is 6.20 Å². The predicted molar refractivity (Wildman–Crippen MR) is 71.1 cm³/mol. The number of aryl methyl sites for hydroxylation is 1. The lowest BCUT2D eigenvalue weighted by Crippen LogP contribution is -2.40. The molecule has 1 aromatic heterocycles. The summed E-state index contributed by atoms with van der Waals surface area (Å²) in [5.41, 5.74) is 5.62. The highest BCUT2D eigenvalue weighted by Gasteiger charge is 2.36. The Morgan fingerprint density at radius 3 is 2.89 bits per heavy atom. The van der Waals surface area contributed by atoms with Crippen LogP contribution < -0.4 is 5.73 Å². The van der Waals surface area contributed by atoms with E-state index < -0.39 is 10.0 Å². The van der Waals surface area contributed by atoms with E-state index >= 15 is 0 Å². The van der Waals surface area contributed by atoms with Crippen molar-refractivity contribution in [1.82, 2.24) is 14.1 Å². The van der Waals surface area contributed by atoms with E-state index in [0.717, 1.165) is 12.8 Å². The van der Waals surface area contributed by atoms with Gasteiger partial charge >= 0.3 is 0 Å². The van der Waals surface area contributed by atoms with Crippen LogP contribution in [0.25, 0.3) is 0 Å². The van der Waals surface area contributed by atoms with E-state index in [0.29, 0.717) is 19.6 Å². The van der Waals surface area contributed by atoms with Gasteiger partial charge in [-0.25, -0.2) is 8.42 Å². The summed E-state index contributed by atoms with van der Waals surface area (Å²) in [7, 11) is -3.45. The van der Waals surface area contributed by atoms with Crippen molar-refractivity contribution in [2.45, 2.75) is 37.4 Å². The second-order valence-electron chi connectivity index (χ2n) is 4.13. The maximum atomic E-state index is 12.5. The third kappa shape index (κ3) is 2.54. The van der Waals surface area contributed by atoms with E-state index in [1.165, 1.54) is 15.2 Å². The third-order valence-electron chi connectivity index (χ3n) is 3.15. The number of hydrogen-bond donors (Lipinski definition) is 1. The molecule has 1 atom stereocenters. The summed E-state index contributed by atoms with van der Waals surface area (Å²) in [5, 5.41) is 4.27. The Balaban J connectivity index is 0.00000162. The smallest absolute Gasteiger partial charge is 0.260 e. The summed E-state index contributed by atoms with van der Waals surface area (Å²) in [6, 6.07) is 1.48. The normalized spacial score (nSPS) is 20.9. The number of rotatable bonds is 4. The first-order valence-electron chi connectivity index (χ1n) is 5.85. The molecular weight excluding hydrogens is 276 g/mol. The van der Waals surface area contributed by atoms with Crippen molar-refractivity contribution in [1.29, 1.82) is 0 Å². The second kappa shape index (κ2) is 6.01. The van der Waals surface area contributed by atoms with Crippen molar-refractivity contribution in [3.8, 4) is 0 Å². The molecule has 2 N–H and O–H groups in total. The van der Waals surface area contributed by atoms with E-state index in [2.05, 4.69) is 5.10 Å². The van der Waals surface area contributed by atoms with Gasteiger partial charge in [-0.15, -0.1) is 12.4 Å². The first-order valence-corrected chi connectivity index (χ1v) is 7.29. The zero-order valence-corrected chi connectivity index (χ0v) is 12.0. The number of nitrogens with two attached hydrogens (primary N) is 1. The SMILES string of the molecule is CCn1nccc1S(=O)(=O)N1CCCC1CN.Cl. The summed E-state index contributed by atoms with van der Waals surface area (Å²) in [5.74, 6) is 0. The maximum Gasteiger partial charge on any atom is 0.260 e. The van der Waals surface area contributed by atoms with E-state index in [1.54, 1.807) is 6.07 Å². The molecule has 1 aromatic rings. The molecule has 1 fully saturated rings. The molecule has 1 saturated heterocycles. The molecule has 6 nitrogen and oxygen atoms in total. The maximum absolute atomic E-state index is 12.5. The molecule has 0 bridgehead atoms. The number of hydrogen-bond acceptors (Lipinski definition) is 4. The molecule has 0 aromatic carbocycles. The van der Waals surface area contributed by atoms with Crippen LogP contribution in [0.5, 0.6) is 0 Å². The van der Waals surface area contributed by atoms with Crippen molar-refractivity contribution >= 4 is 22.4 Å². The molecule has 1 aliphatic heterocycles. The molecule has 0 aliphatic carbocycles. The summed E-state index contributed by atoms with van der Waals surface area (Å²) in [4.78, 5) is 0. The van der Waals surface area contributed by atoms with Crippen molar-refractivity contribution in [2.24, 2.45) is 5.73 Å². The van der Waals surface area contributed by atoms with Crippen LogP contribution in [-0.4, -0.2) is 41.6 Å². The molecular formula is C10H19ClN4O2S. The van der Waals surface area contributed by atoms with Crippen LogP contribution in [-0.2, 0) is 16.6 Å². The molecule has 1 aliphatic rings. The Hall–Kier alpha value is -0.630. The number of aromatic nitrogens is 2. The van der Waals surface area contributed by atoms with Crippen LogP contribution in [0.4, 0.5) is 0 Å². The van der Waals surface area contributed by atoms with E-state index in [9.17, 15) is 8.42 Å². The molecule has 2 rings (SSSR count). The van der Waals surface area contributed by atoms with Crippen molar-refractivity contribution < 1.29 is 8.42 Å². The summed E-state index contributed by atoms with van der Waals surface area (Å²) < 4.78 is 27.9. The van der Waals surface area contributed by atoms with Gasteiger partial charge in [-0.05, 0) is 25.8 Å². The van der Waals surface area contributed by atoms with Crippen LogP contribution in [0.3, 0.4) is 0 Å². The highest BCUT2D eigenvalue weighted by Crippen LogP contribution is 2.25. The molecule has 0 radical (unpaired) electrons. The summed E-state index contributed by atoms with van der Waals surface area (Å²) in [6.45, 7) is 3.34. The highest BCUT2D eigenvalue weighted by molar-refractivity contribution is 7.89. The fraction of sp³-hybridized carbons (Fsp3) is 0.700. The third-order valence-corrected chi connectivity index (χ3v) is 5.12. The van der Waals surface area contributed by atoms with Crippen molar-refractivity contribution in [3.63, 3.8) is 0 Å². The zero-order valence-electron chi connectivity index (χ0n) is 10.3. The lowest BCUT2D eigenvalue weighted by Gasteiger charge is -2.22. The molecule has 0 amide bonds. The number of halogens is 1. The van der Waals surface area contributed by atoms with Crippen LogP contribution in [0.15, 0.2) is 17.3 Å². The van der Waals surface area contributed by atoms with Crippen molar-refractivity contribution in [2.75, 3.05) is 13.1 Å². The lowest BCUT2D eigenvalue weighted by molar-refractivity contribution is 0.386. The quantitative estimate of drug-likeness (QED) is 0.873. The topological polar surface area (TPSA) is 81.2 Å². The van der Waals surface area contributed by atoms with Crippen molar-refractivity contribution in [3.05, 3.63) is 12.3 Å². The Morgan fingerprint density at radius 2 is 2.28 bits per heavy atom. The average molecular weight is 295 g/mol. The molecule has 1 unspecified atom stereocenters. The minimum atomic E-state index is -3.45. The fourth-order valence-corrected chi connectivity index (χ4v) is 4.13. The summed E-state index contributed by atoms with van der Waals surface area (Å²) in [6.07, 6.45) is 3.24. The van der Waals surface area contributed by atoms with Gasteiger partial charge in [0.25, 0.3) is 10.0 Å². The van der Waals surface area contributed by atoms with Gasteiger partial charge in [0.15, 0.2) is 5.03 Å². The van der Waals surface area contributed by atoms with Crippen LogP contribution >= 0.6 is 12.4 Å². The van der Waals surface area contributed by atoms with Gasteiger partial charge < -0.3 is 5.73 Å². The monoisotopic (exact) mass is 294 g/mol. The Morgan fingerprint density at radius 1 is 1.56 bits per heavy atom. The van der Waals surface area contributed by atoms with Gasteiger partial charge in [0.1, 0.15) is 0 Å². The molecule has 2 heterocycles. The first kappa shape index (κ1) is 15.4. The van der Waals surface area contributed by atoms with Crippen LogP contribution in [0, 0.1) is 0 Å². The number of sulfonamides is 1. The predicted octanol–water partition coefficient (Wildman–Crippen LogP) is 0.437. The van der Waals surface area contributed by atoms with Crippen LogP contribution in [0.1, 0.15) is 19.8 Å². The Labute approximate surface area is 114 Å². The minimum Gasteiger partial charge on any atom is -0.329 e. The molecule has 0 spiro atoms. The number of nitrogens with zero attached hydrogens (tertiary/aromatic N) is 3. The molecule has 104 valence electrons. The zero-order chi connectivity index (χ0) is 12.5.